The number of ether oxygens (including phenoxy) is 2. The Morgan fingerprint density at radius 1 is 0.812 bits per heavy atom. The highest BCUT2D eigenvalue weighted by Crippen LogP contribution is 2.29. The molecule has 0 bridgehead atoms. The summed E-state index contributed by atoms with van der Waals surface area (Å²) in [6.45, 7) is 5.12. The van der Waals surface area contributed by atoms with Gasteiger partial charge in [-0.1, -0.05) is 0 Å². The lowest BCUT2D eigenvalue weighted by Gasteiger charge is -2.07. The predicted molar refractivity (Wildman–Crippen MR) is 115 cm³/mol. The number of benzene rings is 2. The van der Waals surface area contributed by atoms with E-state index in [1.807, 2.05) is 0 Å². The van der Waals surface area contributed by atoms with Gasteiger partial charge in [-0.05, 0) is 24.3 Å². The highest BCUT2D eigenvalue weighted by molar-refractivity contribution is 5.92. The quantitative estimate of drug-likeness (QED) is 0.204. The highest BCUT2D eigenvalue weighted by atomic mass is 16.6. The van der Waals surface area contributed by atoms with Crippen LogP contribution in [0.2, 0.25) is 0 Å². The van der Waals surface area contributed by atoms with Crippen molar-refractivity contribution in [1.82, 2.24) is 0 Å². The van der Waals surface area contributed by atoms with E-state index in [-0.39, 0.29) is 23.0 Å². The van der Waals surface area contributed by atoms with Crippen LogP contribution in [-0.4, -0.2) is 28.7 Å². The molecule has 0 aromatic heterocycles. The van der Waals surface area contributed by atoms with E-state index in [0.29, 0.717) is 17.1 Å². The van der Waals surface area contributed by atoms with Crippen molar-refractivity contribution in [3.8, 4) is 11.5 Å². The Balaban J connectivity index is 0.000000323. The number of esters is 2. The first-order valence-electron chi connectivity index (χ1n) is 8.99. The van der Waals surface area contributed by atoms with Gasteiger partial charge in [-0.3, -0.25) is 29.3 Å². The molecule has 0 fully saturated rings. The summed E-state index contributed by atoms with van der Waals surface area (Å²) in [6.07, 6.45) is 0. The van der Waals surface area contributed by atoms with Gasteiger partial charge in [0.25, 0.3) is 5.69 Å². The van der Waals surface area contributed by atoms with Crippen molar-refractivity contribution in [3.05, 3.63) is 46.5 Å². The van der Waals surface area contributed by atoms with Crippen molar-refractivity contribution >= 4 is 46.5 Å². The monoisotopic (exact) mass is 446 g/mol. The molecular formula is C20H22N4O8. The van der Waals surface area contributed by atoms with E-state index in [2.05, 4.69) is 10.6 Å². The molecule has 0 aliphatic carbocycles. The Morgan fingerprint density at radius 2 is 1.25 bits per heavy atom. The van der Waals surface area contributed by atoms with Gasteiger partial charge in [-0.25, -0.2) is 0 Å². The maximum Gasteiger partial charge on any atom is 0.308 e. The molecule has 0 aliphatic rings. The molecule has 0 saturated heterocycles. The summed E-state index contributed by atoms with van der Waals surface area (Å²) in [6, 6.07) is 8.36. The number of rotatable bonds is 5. The molecule has 2 amide bonds. The number of hydrogen-bond acceptors (Lipinski definition) is 9. The number of nitrogens with two attached hydrogens (primary N) is 1. The summed E-state index contributed by atoms with van der Waals surface area (Å²) < 4.78 is 9.53. The topological polar surface area (TPSA) is 180 Å². The van der Waals surface area contributed by atoms with Crippen LogP contribution in [0.15, 0.2) is 36.4 Å². The van der Waals surface area contributed by atoms with E-state index in [1.54, 1.807) is 12.1 Å². The van der Waals surface area contributed by atoms with Crippen LogP contribution in [0.4, 0.5) is 22.7 Å². The maximum absolute atomic E-state index is 10.8. The lowest BCUT2D eigenvalue weighted by molar-refractivity contribution is -0.384. The number of anilines is 3. The Morgan fingerprint density at radius 3 is 1.66 bits per heavy atom. The van der Waals surface area contributed by atoms with Crippen LogP contribution in [-0.2, 0) is 19.2 Å². The molecule has 0 heterocycles. The van der Waals surface area contributed by atoms with Crippen LogP contribution in [0.1, 0.15) is 27.7 Å². The van der Waals surface area contributed by atoms with Gasteiger partial charge in [-0.15, -0.1) is 0 Å². The molecule has 2 aromatic rings. The minimum absolute atomic E-state index is 0.0540. The second-order valence-corrected chi connectivity index (χ2v) is 6.23. The average Bonchev–Trinajstić information content (AvgIpc) is 2.64. The van der Waals surface area contributed by atoms with Gasteiger partial charge in [0.15, 0.2) is 0 Å². The first kappa shape index (κ1) is 25.6. The lowest BCUT2D eigenvalue weighted by Crippen LogP contribution is -2.08. The third kappa shape index (κ3) is 8.90. The normalized spacial score (nSPS) is 9.50. The predicted octanol–water partition coefficient (Wildman–Crippen LogP) is 2.63. The lowest BCUT2D eigenvalue weighted by atomic mass is 10.2. The molecule has 0 aliphatic heterocycles. The fraction of sp³-hybridized carbons (Fsp3) is 0.200. The minimum Gasteiger partial charge on any atom is -0.427 e. The molecule has 4 N–H and O–H groups in total. The molecule has 2 rings (SSSR count). The van der Waals surface area contributed by atoms with Crippen molar-refractivity contribution in [1.29, 1.82) is 0 Å². The van der Waals surface area contributed by atoms with Crippen molar-refractivity contribution < 1.29 is 33.6 Å². The fourth-order valence-corrected chi connectivity index (χ4v) is 2.26. The number of carbonyl (C=O) groups excluding carboxylic acids is 4. The number of nitro benzene ring substituents is 1. The van der Waals surface area contributed by atoms with Gasteiger partial charge in [-0.2, -0.15) is 0 Å². The molecule has 170 valence electrons. The highest BCUT2D eigenvalue weighted by Gasteiger charge is 2.16. The van der Waals surface area contributed by atoms with E-state index in [9.17, 15) is 29.3 Å². The summed E-state index contributed by atoms with van der Waals surface area (Å²) in [5.74, 6) is -1.21. The Bertz CT molecular complexity index is 1050. The Kier molecular flexibility index (Phi) is 9.30. The summed E-state index contributed by atoms with van der Waals surface area (Å²) in [5.41, 5.74) is 6.21. The maximum atomic E-state index is 10.8. The summed E-state index contributed by atoms with van der Waals surface area (Å²) in [7, 11) is 0. The number of nitrogens with zero attached hydrogens (tertiary/aromatic N) is 1. The van der Waals surface area contributed by atoms with Gasteiger partial charge in [0.2, 0.25) is 11.8 Å². The van der Waals surface area contributed by atoms with Crippen LogP contribution in [0, 0.1) is 10.1 Å². The molecule has 0 atom stereocenters. The van der Waals surface area contributed by atoms with Gasteiger partial charge in [0.05, 0.1) is 22.4 Å². The zero-order valence-corrected chi connectivity index (χ0v) is 17.8. The zero-order valence-electron chi connectivity index (χ0n) is 17.8. The number of hydrogen-bond donors (Lipinski definition) is 3. The van der Waals surface area contributed by atoms with Gasteiger partial charge in [0.1, 0.15) is 17.2 Å². The number of nitrogens with one attached hydrogen (secondary N) is 2. The zero-order chi connectivity index (χ0) is 24.4. The van der Waals surface area contributed by atoms with Crippen molar-refractivity contribution in [2.45, 2.75) is 27.7 Å². The van der Waals surface area contributed by atoms with Gasteiger partial charge >= 0.3 is 11.9 Å². The van der Waals surface area contributed by atoms with Gasteiger partial charge in [0, 0.05) is 33.8 Å². The third-order valence-corrected chi connectivity index (χ3v) is 3.33. The van der Waals surface area contributed by atoms with Crippen LogP contribution in [0.5, 0.6) is 11.5 Å². The van der Waals surface area contributed by atoms with E-state index < -0.39 is 22.8 Å². The first-order valence-corrected chi connectivity index (χ1v) is 8.99. The second-order valence-electron chi connectivity index (χ2n) is 6.23. The van der Waals surface area contributed by atoms with Crippen molar-refractivity contribution in [2.24, 2.45) is 0 Å². The molecule has 0 spiro atoms. The minimum atomic E-state index is -0.668. The largest absolute Gasteiger partial charge is 0.427 e. The average molecular weight is 446 g/mol. The Labute approximate surface area is 182 Å². The van der Waals surface area contributed by atoms with E-state index in [0.717, 1.165) is 6.07 Å². The number of amides is 2. The molecular weight excluding hydrogens is 424 g/mol. The van der Waals surface area contributed by atoms with Crippen LogP contribution < -0.4 is 25.8 Å². The molecule has 0 radical (unpaired) electrons. The molecule has 12 nitrogen and oxygen atoms in total. The third-order valence-electron chi connectivity index (χ3n) is 3.33. The molecule has 0 unspecified atom stereocenters. The van der Waals surface area contributed by atoms with Crippen LogP contribution in [0.3, 0.4) is 0 Å². The van der Waals surface area contributed by atoms with Gasteiger partial charge < -0.3 is 25.8 Å². The second kappa shape index (κ2) is 11.6. The van der Waals surface area contributed by atoms with Crippen LogP contribution in [0.25, 0.3) is 0 Å². The SMILES string of the molecule is CC(=O)Nc1ccc(OC(C)=O)cc1N.CC(=O)Nc1ccc(OC(C)=O)cc1[N+](=O)[O-]. The van der Waals surface area contributed by atoms with E-state index in [4.69, 9.17) is 15.2 Å². The summed E-state index contributed by atoms with van der Waals surface area (Å²) in [5, 5.41) is 15.6. The van der Waals surface area contributed by atoms with Crippen molar-refractivity contribution in [2.75, 3.05) is 16.4 Å². The standard InChI is InChI=1S/C10H10N2O5.C10H12N2O3/c1-6(13)11-9-4-3-8(17-7(2)14)5-10(9)12(15)16;1-6(13)12-10-4-3-8(5-9(10)11)15-7(2)14/h3-5H,1-2H3,(H,11,13);3-5H,11H2,1-2H3,(H,12,13). The van der Waals surface area contributed by atoms with Crippen LogP contribution >= 0.6 is 0 Å². The molecule has 32 heavy (non-hydrogen) atoms. The fourth-order valence-electron chi connectivity index (χ4n) is 2.26. The first-order chi connectivity index (χ1) is 14.9. The molecule has 2 aromatic carbocycles. The summed E-state index contributed by atoms with van der Waals surface area (Å²) >= 11 is 0. The molecule has 12 heteroatoms. The number of carbonyl (C=O) groups is 4. The summed E-state index contributed by atoms with van der Waals surface area (Å²) in [4.78, 5) is 53.0. The Hall–Kier alpha value is -4.48. The van der Waals surface area contributed by atoms with E-state index >= 15 is 0 Å². The van der Waals surface area contributed by atoms with Crippen molar-refractivity contribution in [3.63, 3.8) is 0 Å². The number of nitro groups is 1. The number of nitrogen functional groups attached to an aromatic ring is 1. The van der Waals surface area contributed by atoms with E-state index in [1.165, 1.54) is 45.9 Å². The smallest absolute Gasteiger partial charge is 0.308 e. The molecule has 0 saturated carbocycles.